The van der Waals surface area contributed by atoms with E-state index in [-0.39, 0.29) is 0 Å². The van der Waals surface area contributed by atoms with Gasteiger partial charge in [0, 0.05) is 9.79 Å². The van der Waals surface area contributed by atoms with E-state index in [0.717, 1.165) is 0 Å². The maximum absolute atomic E-state index is 2.24. The van der Waals surface area contributed by atoms with Gasteiger partial charge in [-0.1, -0.05) is 156 Å². The largest absolute Gasteiger partial charge is 0.0888 e. The summed E-state index contributed by atoms with van der Waals surface area (Å²) in [6.45, 7) is 4.24. The second kappa shape index (κ2) is 11.2. The van der Waals surface area contributed by atoms with Crippen LogP contribution in [0.5, 0.6) is 0 Å². The average Bonchev–Trinajstić information content (AvgIpc) is 2.97. The normalized spacial score (nSPS) is 11.7. The summed E-state index contributed by atoms with van der Waals surface area (Å²) in [5, 5.41) is 5.10. The Morgan fingerprint density at radius 1 is 0.385 bits per heavy atom. The Morgan fingerprint density at radius 2 is 0.769 bits per heavy atom. The summed E-state index contributed by atoms with van der Waals surface area (Å²) < 4.78 is 0. The van der Waals surface area contributed by atoms with Gasteiger partial charge in [0.15, 0.2) is 0 Å². The highest BCUT2D eigenvalue weighted by molar-refractivity contribution is 7.99. The first-order chi connectivity index (χ1) is 19.1. The Hall–Kier alpha value is -4.33. The van der Waals surface area contributed by atoms with Crippen molar-refractivity contribution in [2.45, 2.75) is 23.6 Å². The van der Waals surface area contributed by atoms with E-state index in [4.69, 9.17) is 0 Å². The lowest BCUT2D eigenvalue weighted by Crippen LogP contribution is -1.85. The van der Waals surface area contributed by atoms with E-state index in [1.807, 2.05) is 11.8 Å². The number of hydrogen-bond acceptors (Lipinski definition) is 1. The fourth-order valence-corrected chi connectivity index (χ4v) is 6.03. The second-order valence-corrected chi connectivity index (χ2v) is 11.1. The summed E-state index contributed by atoms with van der Waals surface area (Å²) in [6.07, 6.45) is 8.85. The molecule has 0 bridgehead atoms. The van der Waals surface area contributed by atoms with E-state index >= 15 is 0 Å². The van der Waals surface area contributed by atoms with E-state index in [0.29, 0.717) is 0 Å². The molecule has 6 aromatic rings. The molecule has 188 valence electrons. The van der Waals surface area contributed by atoms with E-state index in [9.17, 15) is 0 Å². The van der Waals surface area contributed by atoms with Crippen LogP contribution in [0.25, 0.3) is 45.8 Å². The quantitative estimate of drug-likeness (QED) is 0.198. The highest BCUT2D eigenvalue weighted by Gasteiger charge is 2.09. The minimum absolute atomic E-state index is 1.21. The van der Waals surface area contributed by atoms with Gasteiger partial charge in [-0.25, -0.2) is 0 Å². The number of aryl methyl sites for hydroxylation is 2. The molecule has 0 aliphatic rings. The van der Waals surface area contributed by atoms with Crippen LogP contribution in [0.3, 0.4) is 0 Å². The van der Waals surface area contributed by atoms with Crippen molar-refractivity contribution in [3.05, 3.63) is 155 Å². The second-order valence-electron chi connectivity index (χ2n) is 9.99. The number of fused-ring (bicyclic) bond motifs is 2. The predicted octanol–water partition coefficient (Wildman–Crippen LogP) is 11.1. The fourth-order valence-electron chi connectivity index (χ4n) is 4.93. The Kier molecular flexibility index (Phi) is 7.17. The lowest BCUT2D eigenvalue weighted by Gasteiger charge is -2.12. The topological polar surface area (TPSA) is 0 Å². The van der Waals surface area contributed by atoms with Crippen LogP contribution in [0.2, 0.25) is 0 Å². The first-order valence-corrected chi connectivity index (χ1v) is 14.2. The molecular weight excluding hydrogens is 488 g/mol. The van der Waals surface area contributed by atoms with Crippen molar-refractivity contribution >= 4 is 57.6 Å². The molecule has 0 N–H and O–H groups in total. The van der Waals surface area contributed by atoms with Gasteiger partial charge in [0.05, 0.1) is 0 Å². The summed E-state index contributed by atoms with van der Waals surface area (Å²) in [5.41, 5.74) is 7.45. The van der Waals surface area contributed by atoms with Gasteiger partial charge in [0.1, 0.15) is 0 Å². The van der Waals surface area contributed by atoms with E-state index < -0.39 is 0 Å². The molecule has 0 heterocycles. The molecule has 39 heavy (non-hydrogen) atoms. The third-order valence-electron chi connectivity index (χ3n) is 7.12. The Labute approximate surface area is 235 Å². The molecule has 0 spiro atoms. The van der Waals surface area contributed by atoms with Gasteiger partial charge in [-0.3, -0.25) is 0 Å². The SMILES string of the molecule is Cc1ccc(C=Cc2cccc3c(Sc4cccc5c(C=Cc6ccc(C)cc6)cccc45)cccc23)cc1. The van der Waals surface area contributed by atoms with Crippen molar-refractivity contribution in [3.63, 3.8) is 0 Å². The minimum atomic E-state index is 1.21. The molecule has 0 atom stereocenters. The molecule has 0 aliphatic heterocycles. The molecule has 1 heteroatoms. The Morgan fingerprint density at radius 3 is 1.21 bits per heavy atom. The molecule has 6 aromatic carbocycles. The molecule has 6 rings (SSSR count). The maximum Gasteiger partial charge on any atom is 0.0201 e. The molecule has 0 saturated carbocycles. The van der Waals surface area contributed by atoms with Crippen molar-refractivity contribution in [2.75, 3.05) is 0 Å². The molecule has 0 saturated heterocycles. The Balaban J connectivity index is 1.34. The van der Waals surface area contributed by atoms with Crippen LogP contribution >= 0.6 is 11.8 Å². The molecular formula is C38H30S. The van der Waals surface area contributed by atoms with E-state index in [1.165, 1.54) is 64.7 Å². The zero-order chi connectivity index (χ0) is 26.6. The van der Waals surface area contributed by atoms with Crippen LogP contribution < -0.4 is 0 Å². The molecule has 0 amide bonds. The van der Waals surface area contributed by atoms with Crippen LogP contribution in [0, 0.1) is 13.8 Å². The average molecular weight is 519 g/mol. The van der Waals surface area contributed by atoms with Crippen molar-refractivity contribution in [2.24, 2.45) is 0 Å². The van der Waals surface area contributed by atoms with Crippen LogP contribution in [0.15, 0.2) is 131 Å². The third-order valence-corrected chi connectivity index (χ3v) is 8.27. The monoisotopic (exact) mass is 518 g/mol. The fraction of sp³-hybridized carbons (Fsp3) is 0.0526. The van der Waals surface area contributed by atoms with Crippen molar-refractivity contribution in [1.82, 2.24) is 0 Å². The zero-order valence-corrected chi connectivity index (χ0v) is 23.1. The number of benzene rings is 6. The minimum Gasteiger partial charge on any atom is -0.0888 e. The van der Waals surface area contributed by atoms with Crippen LogP contribution in [-0.4, -0.2) is 0 Å². The number of rotatable bonds is 6. The van der Waals surface area contributed by atoms with Gasteiger partial charge in [-0.05, 0) is 69.8 Å². The third kappa shape index (κ3) is 5.60. The summed E-state index contributed by atoms with van der Waals surface area (Å²) in [4.78, 5) is 2.54. The van der Waals surface area contributed by atoms with Gasteiger partial charge >= 0.3 is 0 Å². The smallest absolute Gasteiger partial charge is 0.0201 e. The zero-order valence-electron chi connectivity index (χ0n) is 22.3. The van der Waals surface area contributed by atoms with Gasteiger partial charge in [0.2, 0.25) is 0 Å². The molecule has 0 fully saturated rings. The summed E-state index contributed by atoms with van der Waals surface area (Å²) >= 11 is 1.85. The van der Waals surface area contributed by atoms with Crippen molar-refractivity contribution in [3.8, 4) is 0 Å². The lowest BCUT2D eigenvalue weighted by molar-refractivity contribution is 1.46. The first-order valence-electron chi connectivity index (χ1n) is 13.3. The predicted molar refractivity (Wildman–Crippen MR) is 172 cm³/mol. The van der Waals surface area contributed by atoms with Gasteiger partial charge in [-0.15, -0.1) is 0 Å². The highest BCUT2D eigenvalue weighted by atomic mass is 32.2. The lowest BCUT2D eigenvalue weighted by atomic mass is 10.0. The summed E-state index contributed by atoms with van der Waals surface area (Å²) in [7, 11) is 0. The first kappa shape index (κ1) is 25.0. The van der Waals surface area contributed by atoms with Crippen LogP contribution in [0.4, 0.5) is 0 Å². The van der Waals surface area contributed by atoms with Gasteiger partial charge < -0.3 is 0 Å². The highest BCUT2D eigenvalue weighted by Crippen LogP contribution is 2.39. The van der Waals surface area contributed by atoms with Crippen molar-refractivity contribution in [1.29, 1.82) is 0 Å². The van der Waals surface area contributed by atoms with E-state index in [1.54, 1.807) is 0 Å². The van der Waals surface area contributed by atoms with E-state index in [2.05, 4.69) is 159 Å². The van der Waals surface area contributed by atoms with Crippen LogP contribution in [-0.2, 0) is 0 Å². The van der Waals surface area contributed by atoms with Gasteiger partial charge in [0.25, 0.3) is 0 Å². The molecule has 0 nitrogen and oxygen atoms in total. The molecule has 0 unspecified atom stereocenters. The standard InChI is InChI=1S/C38H30S/c1-27-15-19-29(20-16-27)23-25-31-7-3-11-35-33(31)9-5-13-37(35)39-38-14-6-10-34-32(8-4-12-36(34)38)26-24-30-21-17-28(2)18-22-30/h3-26H,1-2H3. The number of hydrogen-bond donors (Lipinski definition) is 0. The molecule has 0 aromatic heterocycles. The Bertz CT molecular complexity index is 1680. The maximum atomic E-state index is 2.24. The molecule has 0 radical (unpaired) electrons. The van der Waals surface area contributed by atoms with Crippen molar-refractivity contribution < 1.29 is 0 Å². The summed E-state index contributed by atoms with van der Waals surface area (Å²) in [6, 6.07) is 43.8. The molecule has 0 aliphatic carbocycles. The van der Waals surface area contributed by atoms with Crippen LogP contribution in [0.1, 0.15) is 33.4 Å². The summed E-state index contributed by atoms with van der Waals surface area (Å²) in [5.74, 6) is 0. The van der Waals surface area contributed by atoms with Gasteiger partial charge in [-0.2, -0.15) is 0 Å².